The number of aryl methyl sites for hydroxylation is 1. The van der Waals surface area contributed by atoms with Gasteiger partial charge in [0, 0.05) is 30.5 Å². The zero-order chi connectivity index (χ0) is 14.4. The molecule has 2 atom stereocenters. The molecule has 2 unspecified atom stereocenters. The van der Waals surface area contributed by atoms with Crippen molar-refractivity contribution < 1.29 is 9.32 Å². The number of fused-ring (bicyclic) bond motifs is 2. The quantitative estimate of drug-likeness (QED) is 0.849. The van der Waals surface area contributed by atoms with Crippen molar-refractivity contribution in [2.24, 2.45) is 0 Å². The van der Waals surface area contributed by atoms with E-state index in [0.29, 0.717) is 29.6 Å². The first-order chi connectivity index (χ1) is 10.2. The van der Waals surface area contributed by atoms with E-state index in [-0.39, 0.29) is 5.91 Å². The van der Waals surface area contributed by atoms with Crippen molar-refractivity contribution in [3.63, 3.8) is 0 Å². The van der Waals surface area contributed by atoms with E-state index in [4.69, 9.17) is 4.52 Å². The summed E-state index contributed by atoms with van der Waals surface area (Å²) in [6, 6.07) is 4.67. The highest BCUT2D eigenvalue weighted by atomic mass is 16.5. The lowest BCUT2D eigenvalue weighted by atomic mass is 9.97. The minimum atomic E-state index is 0.0123. The molecule has 0 aliphatic carbocycles. The van der Waals surface area contributed by atoms with Crippen LogP contribution in [0, 0.1) is 6.92 Å². The number of hydrogen-bond acceptors (Lipinski definition) is 4. The van der Waals surface area contributed by atoms with Gasteiger partial charge in [-0.05, 0) is 38.7 Å². The third kappa shape index (κ3) is 2.05. The first-order valence-electron chi connectivity index (χ1n) is 7.47. The van der Waals surface area contributed by atoms with Gasteiger partial charge in [-0.1, -0.05) is 5.16 Å². The van der Waals surface area contributed by atoms with Crippen molar-refractivity contribution in [3.05, 3.63) is 36.0 Å². The van der Waals surface area contributed by atoms with E-state index in [9.17, 15) is 4.79 Å². The number of carbonyl (C=O) groups excluding carboxylic acids is 1. The zero-order valence-corrected chi connectivity index (χ0v) is 12.0. The second kappa shape index (κ2) is 4.72. The van der Waals surface area contributed by atoms with Crippen LogP contribution in [0.5, 0.6) is 0 Å². The van der Waals surface area contributed by atoms with Crippen LogP contribution in [-0.4, -0.2) is 37.8 Å². The molecule has 2 saturated heterocycles. The van der Waals surface area contributed by atoms with Gasteiger partial charge in [0.2, 0.25) is 0 Å². The van der Waals surface area contributed by atoms with E-state index in [2.05, 4.69) is 10.3 Å². The van der Waals surface area contributed by atoms with Gasteiger partial charge >= 0.3 is 0 Å². The summed E-state index contributed by atoms with van der Waals surface area (Å²) in [6.45, 7) is 1.81. The molecule has 110 valence electrons. The third-order valence-electron chi connectivity index (χ3n) is 4.69. The van der Waals surface area contributed by atoms with Crippen LogP contribution in [0.3, 0.4) is 0 Å². The van der Waals surface area contributed by atoms with Crippen molar-refractivity contribution in [1.82, 2.24) is 19.8 Å². The third-order valence-corrected chi connectivity index (χ3v) is 4.69. The van der Waals surface area contributed by atoms with Gasteiger partial charge in [-0.2, -0.15) is 5.10 Å². The van der Waals surface area contributed by atoms with Crippen LogP contribution < -0.4 is 0 Å². The summed E-state index contributed by atoms with van der Waals surface area (Å²) in [5.74, 6) is 0.690. The second-order valence-electron chi connectivity index (χ2n) is 6.03. The van der Waals surface area contributed by atoms with Crippen LogP contribution in [-0.2, 0) is 0 Å². The van der Waals surface area contributed by atoms with Crippen molar-refractivity contribution in [3.8, 4) is 0 Å². The molecule has 2 fully saturated rings. The summed E-state index contributed by atoms with van der Waals surface area (Å²) >= 11 is 0. The van der Waals surface area contributed by atoms with Gasteiger partial charge in [0.25, 0.3) is 5.91 Å². The number of hydrogen-bond donors (Lipinski definition) is 0. The van der Waals surface area contributed by atoms with Gasteiger partial charge in [-0.25, -0.2) is 0 Å². The SMILES string of the molecule is Cc1cc(C(=O)N2C3CCC2CC(n2cccn2)C3)no1. The minimum Gasteiger partial charge on any atom is -0.361 e. The molecule has 0 radical (unpaired) electrons. The van der Waals surface area contributed by atoms with E-state index in [1.54, 1.807) is 6.07 Å². The van der Waals surface area contributed by atoms with Crippen LogP contribution in [0.25, 0.3) is 0 Å². The van der Waals surface area contributed by atoms with Crippen molar-refractivity contribution in [2.75, 3.05) is 0 Å². The molecule has 2 aromatic rings. The van der Waals surface area contributed by atoms with E-state index >= 15 is 0 Å². The maximum Gasteiger partial charge on any atom is 0.276 e. The predicted octanol–water partition coefficient (Wildman–Crippen LogP) is 2.19. The molecule has 0 N–H and O–H groups in total. The first-order valence-corrected chi connectivity index (χ1v) is 7.47. The molecule has 6 heteroatoms. The highest BCUT2D eigenvalue weighted by molar-refractivity contribution is 5.93. The van der Waals surface area contributed by atoms with Crippen LogP contribution >= 0.6 is 0 Å². The average Bonchev–Trinajstić information content (AvgIpc) is 3.18. The minimum absolute atomic E-state index is 0.0123. The Kier molecular flexibility index (Phi) is 2.83. The second-order valence-corrected chi connectivity index (χ2v) is 6.03. The molecule has 2 aliphatic heterocycles. The van der Waals surface area contributed by atoms with Gasteiger partial charge in [-0.3, -0.25) is 9.48 Å². The van der Waals surface area contributed by atoms with E-state index < -0.39 is 0 Å². The Labute approximate surface area is 122 Å². The highest BCUT2D eigenvalue weighted by Crippen LogP contribution is 2.41. The molecule has 4 rings (SSSR count). The summed E-state index contributed by atoms with van der Waals surface area (Å²) in [5, 5.41) is 8.23. The summed E-state index contributed by atoms with van der Waals surface area (Å²) in [6.07, 6.45) is 7.93. The van der Waals surface area contributed by atoms with Crippen LogP contribution in [0.15, 0.2) is 29.0 Å². The lowest BCUT2D eigenvalue weighted by Crippen LogP contribution is -2.47. The largest absolute Gasteiger partial charge is 0.361 e. The molecule has 0 saturated carbocycles. The van der Waals surface area contributed by atoms with Gasteiger partial charge in [0.15, 0.2) is 5.69 Å². The zero-order valence-electron chi connectivity index (χ0n) is 12.0. The Hall–Kier alpha value is -2.11. The number of carbonyl (C=O) groups is 1. The first kappa shape index (κ1) is 12.6. The fourth-order valence-corrected chi connectivity index (χ4v) is 3.79. The molecule has 6 nitrogen and oxygen atoms in total. The van der Waals surface area contributed by atoms with E-state index in [1.165, 1.54) is 0 Å². The van der Waals surface area contributed by atoms with Crippen LogP contribution in [0.4, 0.5) is 0 Å². The number of aromatic nitrogens is 3. The molecule has 0 spiro atoms. The van der Waals surface area contributed by atoms with E-state index in [0.717, 1.165) is 25.7 Å². The molecule has 2 aromatic heterocycles. The predicted molar refractivity (Wildman–Crippen MR) is 74.7 cm³/mol. The summed E-state index contributed by atoms with van der Waals surface area (Å²) in [4.78, 5) is 14.7. The average molecular weight is 286 g/mol. The van der Waals surface area contributed by atoms with Gasteiger partial charge < -0.3 is 9.42 Å². The Morgan fingerprint density at radius 2 is 2.05 bits per heavy atom. The standard InChI is InChI=1S/C15H18N4O2/c1-10-7-14(17-21-10)15(20)19-11-3-4-12(19)9-13(8-11)18-6-2-5-16-18/h2,5-7,11-13H,3-4,8-9H2,1H3. The van der Waals surface area contributed by atoms with Crippen molar-refractivity contribution in [2.45, 2.75) is 50.7 Å². The molecule has 21 heavy (non-hydrogen) atoms. The van der Waals surface area contributed by atoms with E-state index in [1.807, 2.05) is 35.0 Å². The molecule has 0 aromatic carbocycles. The van der Waals surface area contributed by atoms with Crippen LogP contribution in [0.1, 0.15) is 48.0 Å². The van der Waals surface area contributed by atoms with Crippen LogP contribution in [0.2, 0.25) is 0 Å². The number of rotatable bonds is 2. The summed E-state index contributed by atoms with van der Waals surface area (Å²) in [7, 11) is 0. The van der Waals surface area contributed by atoms with Crippen molar-refractivity contribution in [1.29, 1.82) is 0 Å². The fraction of sp³-hybridized carbons (Fsp3) is 0.533. The molecular formula is C15H18N4O2. The Balaban J connectivity index is 1.55. The van der Waals surface area contributed by atoms with Crippen molar-refractivity contribution >= 4 is 5.91 Å². The Morgan fingerprint density at radius 3 is 2.62 bits per heavy atom. The summed E-state index contributed by atoms with van der Waals surface area (Å²) < 4.78 is 7.07. The smallest absolute Gasteiger partial charge is 0.276 e. The van der Waals surface area contributed by atoms with Gasteiger partial charge in [0.1, 0.15) is 5.76 Å². The molecular weight excluding hydrogens is 268 g/mol. The van der Waals surface area contributed by atoms with Gasteiger partial charge in [-0.15, -0.1) is 0 Å². The highest BCUT2D eigenvalue weighted by Gasteiger charge is 2.44. The summed E-state index contributed by atoms with van der Waals surface area (Å²) in [5.41, 5.74) is 0.432. The molecule has 4 heterocycles. The van der Waals surface area contributed by atoms with Gasteiger partial charge in [0.05, 0.1) is 6.04 Å². The molecule has 2 bridgehead atoms. The number of amides is 1. The lowest BCUT2D eigenvalue weighted by molar-refractivity contribution is 0.0514. The fourth-order valence-electron chi connectivity index (χ4n) is 3.79. The number of nitrogens with zero attached hydrogens (tertiary/aromatic N) is 4. The monoisotopic (exact) mass is 286 g/mol. The normalized spacial score (nSPS) is 28.0. The lowest BCUT2D eigenvalue weighted by Gasteiger charge is -2.38. The topological polar surface area (TPSA) is 64.2 Å². The maximum absolute atomic E-state index is 12.6. The molecule has 1 amide bonds. The Morgan fingerprint density at radius 1 is 1.29 bits per heavy atom. The number of piperidine rings is 1. The molecule has 2 aliphatic rings. The maximum atomic E-state index is 12.6. The Bertz CT molecular complexity index is 634.